The molecule has 4 aromatic carbocycles. The molecule has 0 nitrogen and oxygen atoms in total. The Morgan fingerprint density at radius 2 is 0.932 bits per heavy atom. The summed E-state index contributed by atoms with van der Waals surface area (Å²) in [5.41, 5.74) is 17.2. The van der Waals surface area contributed by atoms with Crippen LogP contribution in [0, 0.1) is 24.7 Å². The van der Waals surface area contributed by atoms with Crippen molar-refractivity contribution in [2.75, 3.05) is 5.90 Å². The minimum atomic E-state index is -0.147. The van der Waals surface area contributed by atoms with E-state index in [1.54, 1.807) is 103 Å². The normalized spacial score (nSPS) is 18.0. The van der Waals surface area contributed by atoms with Crippen LogP contribution in [0.2, 0.25) is 0 Å². The van der Waals surface area contributed by atoms with Crippen molar-refractivity contribution < 1.29 is 44.8 Å². The van der Waals surface area contributed by atoms with Crippen molar-refractivity contribution in [3.63, 3.8) is 0 Å². The predicted octanol–water partition coefficient (Wildman–Crippen LogP) is 15.3. The quantitative estimate of drug-likeness (QED) is 0.0586. The van der Waals surface area contributed by atoms with Crippen LogP contribution in [0.25, 0.3) is 22.3 Å². The van der Waals surface area contributed by atoms with Gasteiger partial charge in [-0.15, -0.1) is 35.4 Å². The van der Waals surface area contributed by atoms with Gasteiger partial charge in [0, 0.05) is 15.8 Å². The van der Waals surface area contributed by atoms with E-state index in [0.717, 1.165) is 29.6 Å². The summed E-state index contributed by atoms with van der Waals surface area (Å²) in [5.74, 6) is 6.69. The molecule has 3 saturated carbocycles. The zero-order valence-electron chi connectivity index (χ0n) is 35.8. The van der Waals surface area contributed by atoms with Gasteiger partial charge in [0.15, 0.2) is 5.90 Å². The molecule has 0 spiro atoms. The SMILES string of the molecule is CCCC(CC)[PH+](C[PH+](C1CCCCC1)C1CCCCC1)C1CCCCC1.[Au+].[Au+].[C-]#Cc1ccc2c(c1)Cc1ccccc1-2.[C-]#Cc1ccc2c(c1)Cc1ccccc1-2. The van der Waals surface area contributed by atoms with E-state index in [4.69, 9.17) is 12.8 Å². The predicted molar refractivity (Wildman–Crippen MR) is 253 cm³/mol. The number of fused-ring (bicyclic) bond motifs is 6. The van der Waals surface area contributed by atoms with Crippen molar-refractivity contribution in [1.29, 1.82) is 0 Å². The second-order valence-corrected chi connectivity index (χ2v) is 24.9. The number of hydrogen-bond donors (Lipinski definition) is 0. The Kier molecular flexibility index (Phi) is 20.4. The first-order chi connectivity index (χ1) is 28.1. The van der Waals surface area contributed by atoms with Gasteiger partial charge in [0.05, 0.1) is 22.6 Å². The third-order valence-electron chi connectivity index (χ3n) is 14.3. The number of rotatable bonds is 9. The number of hydrogen-bond acceptors (Lipinski definition) is 0. The Balaban J connectivity index is 0.000000176. The van der Waals surface area contributed by atoms with E-state index < -0.39 is 0 Å². The molecule has 2 unspecified atom stereocenters. The summed E-state index contributed by atoms with van der Waals surface area (Å²) in [6, 6.07) is 29.2. The van der Waals surface area contributed by atoms with Crippen molar-refractivity contribution >= 4 is 15.8 Å². The van der Waals surface area contributed by atoms with Crippen LogP contribution in [0.3, 0.4) is 0 Å². The molecule has 0 aliphatic heterocycles. The second kappa shape index (κ2) is 24.8. The Morgan fingerprint density at radius 3 is 1.34 bits per heavy atom. The van der Waals surface area contributed by atoms with Crippen LogP contribution in [0.4, 0.5) is 0 Å². The Bertz CT molecular complexity index is 1830. The molecule has 9 rings (SSSR count). The van der Waals surface area contributed by atoms with E-state index in [9.17, 15) is 0 Å². The van der Waals surface area contributed by atoms with E-state index in [-0.39, 0.29) is 60.6 Å². The molecule has 0 heterocycles. The van der Waals surface area contributed by atoms with Gasteiger partial charge in [0.25, 0.3) is 0 Å². The van der Waals surface area contributed by atoms with E-state index in [0.29, 0.717) is 0 Å². The van der Waals surface area contributed by atoms with Crippen molar-refractivity contribution in [2.24, 2.45) is 0 Å². The van der Waals surface area contributed by atoms with Crippen molar-refractivity contribution in [3.05, 3.63) is 131 Å². The molecule has 0 radical (unpaired) electrons. The van der Waals surface area contributed by atoms with Gasteiger partial charge in [-0.1, -0.05) is 111 Å². The molecule has 0 N–H and O–H groups in total. The Hall–Kier alpha value is -1.66. The molecule has 0 amide bonds. The summed E-state index contributed by atoms with van der Waals surface area (Å²) in [4.78, 5) is 0. The van der Waals surface area contributed by atoms with E-state index in [1.807, 2.05) is 18.0 Å². The van der Waals surface area contributed by atoms with Crippen LogP contribution in [0.1, 0.15) is 163 Å². The zero-order chi connectivity index (χ0) is 39.4. The molecule has 4 aromatic rings. The van der Waals surface area contributed by atoms with Crippen LogP contribution >= 0.6 is 15.8 Å². The molecular weight excluding hydrogens is 1120 g/mol. The first-order valence-electron chi connectivity index (χ1n) is 23.1. The van der Waals surface area contributed by atoms with Crippen LogP contribution < -0.4 is 0 Å². The molecule has 5 aliphatic carbocycles. The summed E-state index contributed by atoms with van der Waals surface area (Å²) >= 11 is 0. The fourth-order valence-corrected chi connectivity index (χ4v) is 23.8. The monoisotopic (exact) mass is 1180 g/mol. The molecule has 0 bridgehead atoms. The molecule has 2 atom stereocenters. The maximum atomic E-state index is 7.12. The maximum Gasteiger partial charge on any atom is 1.00 e. The van der Waals surface area contributed by atoms with Gasteiger partial charge in [0.2, 0.25) is 0 Å². The molecular formula is C55H68Au2P2+2. The number of benzene rings is 4. The third-order valence-corrected chi connectivity index (χ3v) is 24.2. The third kappa shape index (κ3) is 12.5. The Labute approximate surface area is 393 Å². The summed E-state index contributed by atoms with van der Waals surface area (Å²) < 4.78 is 0. The van der Waals surface area contributed by atoms with Gasteiger partial charge in [0.1, 0.15) is 0 Å². The van der Waals surface area contributed by atoms with E-state index in [1.165, 1.54) is 74.3 Å². The van der Waals surface area contributed by atoms with Gasteiger partial charge < -0.3 is 12.8 Å². The van der Waals surface area contributed by atoms with Gasteiger partial charge in [-0.2, -0.15) is 0 Å². The van der Waals surface area contributed by atoms with Crippen LogP contribution in [0.15, 0.2) is 84.9 Å². The zero-order valence-corrected chi connectivity index (χ0v) is 42.2. The molecule has 5 aliphatic rings. The van der Waals surface area contributed by atoms with E-state index in [2.05, 4.69) is 98.5 Å². The maximum absolute atomic E-state index is 7.12. The molecule has 0 aromatic heterocycles. The summed E-state index contributed by atoms with van der Waals surface area (Å²) in [6.07, 6.45) is 44.6. The van der Waals surface area contributed by atoms with Crippen LogP contribution in [0.5, 0.6) is 0 Å². The molecule has 318 valence electrons. The molecule has 3 fully saturated rings. The smallest absolute Gasteiger partial charge is 0.366 e. The summed E-state index contributed by atoms with van der Waals surface area (Å²) in [7, 11) is -0.267. The molecule has 0 saturated heterocycles. The largest absolute Gasteiger partial charge is 1.00 e. The van der Waals surface area contributed by atoms with Crippen LogP contribution in [-0.4, -0.2) is 28.5 Å². The molecule has 4 heteroatoms. The topological polar surface area (TPSA) is 0 Å². The minimum Gasteiger partial charge on any atom is -0.366 e. The minimum absolute atomic E-state index is 0. The average molecular weight is 1190 g/mol. The average Bonchev–Trinajstić information content (AvgIpc) is 3.85. The second-order valence-electron chi connectivity index (χ2n) is 17.9. The van der Waals surface area contributed by atoms with Crippen molar-refractivity contribution in [2.45, 2.75) is 165 Å². The van der Waals surface area contributed by atoms with Gasteiger partial charge in [-0.3, -0.25) is 11.8 Å². The Morgan fingerprint density at radius 1 is 0.525 bits per heavy atom. The first kappa shape index (κ1) is 48.4. The fraction of sp³-hybridized carbons (Fsp3) is 0.491. The molecule has 59 heavy (non-hydrogen) atoms. The van der Waals surface area contributed by atoms with E-state index >= 15 is 0 Å². The van der Waals surface area contributed by atoms with Gasteiger partial charge in [-0.05, 0) is 136 Å². The van der Waals surface area contributed by atoms with Crippen molar-refractivity contribution in [1.82, 2.24) is 0 Å². The summed E-state index contributed by atoms with van der Waals surface area (Å²) in [5, 5.41) is 0. The fourth-order valence-electron chi connectivity index (χ4n) is 11.3. The van der Waals surface area contributed by atoms with Crippen molar-refractivity contribution in [3.8, 4) is 34.1 Å². The van der Waals surface area contributed by atoms with Gasteiger partial charge >= 0.3 is 44.8 Å². The first-order valence-corrected chi connectivity index (χ1v) is 26.8. The standard InChI is InChI=1S/C25H48P2.2C15H9.2Au/c1-3-14-22(4-2)26(23-15-8-5-9-16-23)21-27(24-17-10-6-11-18-24)25-19-12-7-13-20-25;2*1-2-11-7-8-15-13(9-11)10-12-5-3-4-6-14(12)15;;/h22-25H,3-21H2,1-2H3;2*3-9H,10H2;;/q;2*-1;2*+1/p+2. The van der Waals surface area contributed by atoms with Crippen LogP contribution in [-0.2, 0) is 57.6 Å². The van der Waals surface area contributed by atoms with Gasteiger partial charge in [-0.25, -0.2) is 0 Å². The summed E-state index contributed by atoms with van der Waals surface area (Å²) in [6.45, 7) is 5.00.